The first-order chi connectivity index (χ1) is 25.2. The van der Waals surface area contributed by atoms with Crippen LogP contribution in [0.4, 0.5) is 20.3 Å². The average Bonchev–Trinajstić information content (AvgIpc) is 3.74. The van der Waals surface area contributed by atoms with Crippen molar-refractivity contribution in [1.29, 1.82) is 0 Å². The molecule has 1 saturated carbocycles. The van der Waals surface area contributed by atoms with Crippen molar-refractivity contribution in [3.8, 4) is 11.8 Å². The standard InChI is InChI=1S/C39H46F2N8O3/c1-3-28-30(41)9-6-24-16-27(50)17-32(34(24)28)46-15-10-29-31(20-46)43-38(52-22-39-11-4-13-48(39)19-25(40)18-39)44-36(29)47-12-5-14-49-33(21-47)23(2)35(45-49)37(51)42-26-7-8-26/h6,9,16-17,25-26,50H,3-5,7-8,10-15,18-22H2,1-2H3,(H,42,51)/t25-,39+/m1/s1. The Morgan fingerprint density at radius 3 is 2.79 bits per heavy atom. The fourth-order valence-corrected chi connectivity index (χ4v) is 9.16. The molecular formula is C39H46F2N8O3. The zero-order chi connectivity index (χ0) is 35.7. The lowest BCUT2D eigenvalue weighted by atomic mass is 9.95. The Balaban J connectivity index is 1.09. The highest BCUT2D eigenvalue weighted by molar-refractivity contribution is 5.98. The Kier molecular flexibility index (Phi) is 8.24. The van der Waals surface area contributed by atoms with Gasteiger partial charge in [0.25, 0.3) is 5.91 Å². The predicted octanol–water partition coefficient (Wildman–Crippen LogP) is 5.36. The Labute approximate surface area is 302 Å². The van der Waals surface area contributed by atoms with Gasteiger partial charge in [0.05, 0.1) is 30.0 Å². The third-order valence-corrected chi connectivity index (χ3v) is 12.0. The van der Waals surface area contributed by atoms with E-state index in [2.05, 4.69) is 20.0 Å². The maximum atomic E-state index is 15.1. The third kappa shape index (κ3) is 5.81. The van der Waals surface area contributed by atoms with E-state index in [-0.39, 0.29) is 35.1 Å². The summed E-state index contributed by atoms with van der Waals surface area (Å²) in [4.78, 5) is 29.9. The highest BCUT2D eigenvalue weighted by Gasteiger charge is 2.49. The van der Waals surface area contributed by atoms with Crippen LogP contribution in [0.2, 0.25) is 0 Å². The summed E-state index contributed by atoms with van der Waals surface area (Å²) in [6, 6.07) is 7.11. The van der Waals surface area contributed by atoms with Crippen LogP contribution in [0, 0.1) is 12.7 Å². The number of halogens is 2. The smallest absolute Gasteiger partial charge is 0.318 e. The summed E-state index contributed by atoms with van der Waals surface area (Å²) in [6.45, 7) is 8.54. The summed E-state index contributed by atoms with van der Waals surface area (Å²) >= 11 is 0. The van der Waals surface area contributed by atoms with Gasteiger partial charge in [-0.1, -0.05) is 13.0 Å². The number of anilines is 2. The number of hydrogen-bond acceptors (Lipinski definition) is 9. The third-order valence-electron chi connectivity index (χ3n) is 12.0. The number of benzene rings is 2. The second-order valence-corrected chi connectivity index (χ2v) is 15.4. The van der Waals surface area contributed by atoms with Gasteiger partial charge in [0.1, 0.15) is 30.2 Å². The van der Waals surface area contributed by atoms with E-state index in [4.69, 9.17) is 19.8 Å². The molecule has 0 radical (unpaired) electrons. The number of aromatic hydroxyl groups is 1. The first-order valence-corrected chi connectivity index (χ1v) is 18.9. The van der Waals surface area contributed by atoms with E-state index in [0.29, 0.717) is 69.9 Å². The topological polar surface area (TPSA) is 112 Å². The van der Waals surface area contributed by atoms with Crippen LogP contribution in [0.3, 0.4) is 0 Å². The number of alkyl halides is 1. The number of amides is 1. The molecule has 3 fully saturated rings. The molecule has 11 nitrogen and oxygen atoms in total. The van der Waals surface area contributed by atoms with Crippen LogP contribution in [-0.4, -0.2) is 86.2 Å². The molecular weight excluding hydrogens is 666 g/mol. The van der Waals surface area contributed by atoms with Crippen molar-refractivity contribution < 1.29 is 23.4 Å². The van der Waals surface area contributed by atoms with E-state index in [1.54, 1.807) is 18.2 Å². The number of rotatable bonds is 8. The Morgan fingerprint density at radius 2 is 1.96 bits per heavy atom. The van der Waals surface area contributed by atoms with Crippen molar-refractivity contribution in [2.75, 3.05) is 42.6 Å². The van der Waals surface area contributed by atoms with Crippen molar-refractivity contribution in [3.63, 3.8) is 0 Å². The van der Waals surface area contributed by atoms with Crippen molar-refractivity contribution >= 4 is 28.2 Å². The molecule has 1 amide bonds. The summed E-state index contributed by atoms with van der Waals surface area (Å²) < 4.78 is 38.3. The van der Waals surface area contributed by atoms with Crippen LogP contribution in [0.25, 0.3) is 10.8 Å². The molecule has 4 aliphatic heterocycles. The summed E-state index contributed by atoms with van der Waals surface area (Å²) in [6.07, 6.45) is 5.46. The van der Waals surface area contributed by atoms with Gasteiger partial charge in [-0.15, -0.1) is 0 Å². The largest absolute Gasteiger partial charge is 0.508 e. The number of carbonyl (C=O) groups is 1. The Hall–Kier alpha value is -4.52. The number of ether oxygens (including phenoxy) is 1. The molecule has 0 bridgehead atoms. The lowest BCUT2D eigenvalue weighted by Gasteiger charge is -2.35. The van der Waals surface area contributed by atoms with E-state index in [9.17, 15) is 14.3 Å². The number of aryl methyl sites for hydroxylation is 2. The van der Waals surface area contributed by atoms with E-state index in [1.807, 2.05) is 18.5 Å². The fourth-order valence-electron chi connectivity index (χ4n) is 9.16. The van der Waals surface area contributed by atoms with E-state index >= 15 is 4.39 Å². The lowest BCUT2D eigenvalue weighted by molar-refractivity contribution is 0.0944. The molecule has 52 heavy (non-hydrogen) atoms. The second-order valence-electron chi connectivity index (χ2n) is 15.4. The number of phenolic OH excluding ortho intramolecular Hbond substituents is 1. The van der Waals surface area contributed by atoms with Crippen molar-refractivity contribution in [1.82, 2.24) is 30.0 Å². The molecule has 2 atom stereocenters. The number of nitrogens with one attached hydrogen (secondary N) is 1. The minimum absolute atomic E-state index is 0.115. The molecule has 2 aromatic heterocycles. The Bertz CT molecular complexity index is 2070. The highest BCUT2D eigenvalue weighted by atomic mass is 19.1. The molecule has 0 unspecified atom stereocenters. The van der Waals surface area contributed by atoms with Gasteiger partial charge in [-0.2, -0.15) is 15.1 Å². The molecule has 5 aliphatic rings. The van der Waals surface area contributed by atoms with Crippen molar-refractivity contribution in [2.45, 2.75) is 103 Å². The molecule has 2 aromatic carbocycles. The minimum atomic E-state index is -0.867. The SMILES string of the molecule is CCc1c(F)ccc2cc(O)cc(N3CCc4c(nc(OC[C@@]56CCCN5C[C@H](F)C6)nc4N4CCCn5nc(C(=O)NC6CC6)c(C)c5C4)C3)c12. The molecule has 13 heteroatoms. The van der Waals surface area contributed by atoms with Crippen LogP contribution in [-0.2, 0) is 32.5 Å². The maximum absolute atomic E-state index is 15.1. The predicted molar refractivity (Wildman–Crippen MR) is 193 cm³/mol. The Morgan fingerprint density at radius 1 is 1.10 bits per heavy atom. The van der Waals surface area contributed by atoms with Gasteiger partial charge in [-0.3, -0.25) is 14.4 Å². The van der Waals surface area contributed by atoms with Gasteiger partial charge in [0.15, 0.2) is 5.69 Å². The number of phenols is 1. The molecule has 2 N–H and O–H groups in total. The summed E-state index contributed by atoms with van der Waals surface area (Å²) in [7, 11) is 0. The van der Waals surface area contributed by atoms with Gasteiger partial charge in [0, 0.05) is 66.9 Å². The van der Waals surface area contributed by atoms with Gasteiger partial charge in [-0.25, -0.2) is 8.78 Å². The zero-order valence-corrected chi connectivity index (χ0v) is 29.9. The quantitative estimate of drug-likeness (QED) is 0.250. The molecule has 9 rings (SSSR count). The monoisotopic (exact) mass is 712 g/mol. The van der Waals surface area contributed by atoms with E-state index < -0.39 is 6.17 Å². The first kappa shape index (κ1) is 33.3. The molecule has 274 valence electrons. The number of carbonyl (C=O) groups excluding carboxylic acids is 1. The molecule has 2 saturated heterocycles. The summed E-state index contributed by atoms with van der Waals surface area (Å²) in [5.41, 5.74) is 5.23. The number of aromatic nitrogens is 4. The van der Waals surface area contributed by atoms with Crippen LogP contribution < -0.4 is 19.9 Å². The summed E-state index contributed by atoms with van der Waals surface area (Å²) in [5.74, 6) is 0.551. The van der Waals surface area contributed by atoms with Crippen molar-refractivity contribution in [2.24, 2.45) is 0 Å². The number of nitrogens with zero attached hydrogens (tertiary/aromatic N) is 7. The molecule has 0 spiro atoms. The van der Waals surface area contributed by atoms with Gasteiger partial charge >= 0.3 is 6.01 Å². The molecule has 6 heterocycles. The molecule has 4 aromatic rings. The molecule has 1 aliphatic carbocycles. The normalized spacial score (nSPS) is 23.0. The van der Waals surface area contributed by atoms with Crippen LogP contribution in [0.1, 0.15) is 84.0 Å². The van der Waals surface area contributed by atoms with Gasteiger partial charge in [-0.05, 0) is 81.5 Å². The van der Waals surface area contributed by atoms with Crippen LogP contribution in [0.15, 0.2) is 24.3 Å². The van der Waals surface area contributed by atoms with Crippen LogP contribution >= 0.6 is 0 Å². The first-order valence-electron chi connectivity index (χ1n) is 18.9. The minimum Gasteiger partial charge on any atom is -0.508 e. The lowest BCUT2D eigenvalue weighted by Crippen LogP contribution is -2.43. The van der Waals surface area contributed by atoms with Crippen molar-refractivity contribution in [3.05, 3.63) is 63.9 Å². The average molecular weight is 713 g/mol. The number of hydrogen-bond donors (Lipinski definition) is 2. The highest BCUT2D eigenvalue weighted by Crippen LogP contribution is 2.42. The van der Waals surface area contributed by atoms with E-state index in [0.717, 1.165) is 90.0 Å². The number of fused-ring (bicyclic) bond motifs is 4. The second kappa shape index (κ2) is 12.9. The van der Waals surface area contributed by atoms with E-state index in [1.165, 1.54) is 6.07 Å². The zero-order valence-electron chi connectivity index (χ0n) is 29.9. The van der Waals surface area contributed by atoms with Gasteiger partial charge in [0.2, 0.25) is 0 Å². The fraction of sp³-hybridized carbons (Fsp3) is 0.538. The van der Waals surface area contributed by atoms with Gasteiger partial charge < -0.3 is 25.0 Å². The maximum Gasteiger partial charge on any atom is 0.318 e. The van der Waals surface area contributed by atoms with Crippen LogP contribution in [0.5, 0.6) is 11.8 Å². The summed E-state index contributed by atoms with van der Waals surface area (Å²) in [5, 5.41) is 20.2.